The number of anilines is 1. The van der Waals surface area contributed by atoms with Crippen LogP contribution >= 0.6 is 22.7 Å². The van der Waals surface area contributed by atoms with Crippen LogP contribution in [0, 0.1) is 13.8 Å². The SMILES string of the molecule is Cc1sc(NC(=O)c2cccs2)c(C(c2ccc3c(c2)OCO3)N2CCOCC2)c1C. The van der Waals surface area contributed by atoms with Gasteiger partial charge in [0.1, 0.15) is 5.00 Å². The zero-order valence-electron chi connectivity index (χ0n) is 17.5. The third-order valence-electron chi connectivity index (χ3n) is 5.80. The molecule has 1 N–H and O–H groups in total. The Morgan fingerprint density at radius 3 is 2.71 bits per heavy atom. The predicted octanol–water partition coefficient (Wildman–Crippen LogP) is 4.83. The second-order valence-corrected chi connectivity index (χ2v) is 9.79. The van der Waals surface area contributed by atoms with Crippen molar-refractivity contribution in [2.24, 2.45) is 0 Å². The molecule has 1 amide bonds. The highest BCUT2D eigenvalue weighted by atomic mass is 32.1. The van der Waals surface area contributed by atoms with Gasteiger partial charge >= 0.3 is 0 Å². The lowest BCUT2D eigenvalue weighted by molar-refractivity contribution is 0.0240. The highest BCUT2D eigenvalue weighted by Gasteiger charge is 2.31. The summed E-state index contributed by atoms with van der Waals surface area (Å²) < 4.78 is 16.8. The molecule has 162 valence electrons. The number of nitrogens with zero attached hydrogens (tertiary/aromatic N) is 1. The van der Waals surface area contributed by atoms with Crippen molar-refractivity contribution < 1.29 is 19.0 Å². The highest BCUT2D eigenvalue weighted by Crippen LogP contribution is 2.44. The summed E-state index contributed by atoms with van der Waals surface area (Å²) >= 11 is 3.09. The predicted molar refractivity (Wildman–Crippen MR) is 123 cm³/mol. The number of nitrogens with one attached hydrogen (secondary N) is 1. The molecule has 5 rings (SSSR count). The van der Waals surface area contributed by atoms with Crippen LogP contribution < -0.4 is 14.8 Å². The van der Waals surface area contributed by atoms with Gasteiger partial charge in [-0.15, -0.1) is 22.7 Å². The first-order valence-electron chi connectivity index (χ1n) is 10.3. The molecule has 0 aliphatic carbocycles. The summed E-state index contributed by atoms with van der Waals surface area (Å²) in [5.74, 6) is 1.47. The van der Waals surface area contributed by atoms with Gasteiger partial charge in [0.15, 0.2) is 11.5 Å². The molecule has 1 unspecified atom stereocenters. The number of fused-ring (bicyclic) bond motifs is 1. The molecular weight excluding hydrogens is 432 g/mol. The number of hydrogen-bond donors (Lipinski definition) is 1. The largest absolute Gasteiger partial charge is 0.454 e. The fourth-order valence-corrected chi connectivity index (χ4v) is 5.82. The van der Waals surface area contributed by atoms with Crippen molar-refractivity contribution in [1.82, 2.24) is 4.90 Å². The van der Waals surface area contributed by atoms with E-state index in [1.807, 2.05) is 23.6 Å². The van der Waals surface area contributed by atoms with Gasteiger partial charge in [-0.1, -0.05) is 12.1 Å². The number of thiophene rings is 2. The number of morpholine rings is 1. The van der Waals surface area contributed by atoms with Crippen LogP contribution in [0.5, 0.6) is 11.5 Å². The lowest BCUT2D eigenvalue weighted by atomic mass is 9.94. The summed E-state index contributed by atoms with van der Waals surface area (Å²) in [7, 11) is 0. The third-order valence-corrected chi connectivity index (χ3v) is 7.81. The summed E-state index contributed by atoms with van der Waals surface area (Å²) in [5, 5.41) is 6.02. The van der Waals surface area contributed by atoms with Crippen molar-refractivity contribution >= 4 is 33.6 Å². The molecule has 1 atom stereocenters. The average Bonchev–Trinajstić information content (AvgIpc) is 3.52. The maximum absolute atomic E-state index is 12.9. The normalized spacial score (nSPS) is 17.0. The first-order chi connectivity index (χ1) is 15.1. The molecule has 0 spiro atoms. The fraction of sp³-hybridized carbons (Fsp3) is 0.348. The van der Waals surface area contributed by atoms with Crippen LogP contribution in [0.2, 0.25) is 0 Å². The van der Waals surface area contributed by atoms with Gasteiger partial charge in [0.05, 0.1) is 24.1 Å². The van der Waals surface area contributed by atoms with Gasteiger partial charge in [0.2, 0.25) is 6.79 Å². The molecule has 2 aliphatic rings. The van der Waals surface area contributed by atoms with Crippen LogP contribution in [-0.4, -0.2) is 43.9 Å². The Morgan fingerprint density at radius 2 is 1.94 bits per heavy atom. The number of hydrogen-bond acceptors (Lipinski definition) is 7. The molecular formula is C23H24N2O4S2. The molecule has 2 aromatic heterocycles. The van der Waals surface area contributed by atoms with Crippen LogP contribution in [0.1, 0.15) is 37.3 Å². The van der Waals surface area contributed by atoms with E-state index in [1.165, 1.54) is 21.8 Å². The van der Waals surface area contributed by atoms with Crippen molar-refractivity contribution in [1.29, 1.82) is 0 Å². The summed E-state index contributed by atoms with van der Waals surface area (Å²) in [6.45, 7) is 7.54. The van der Waals surface area contributed by atoms with Crippen LogP contribution in [-0.2, 0) is 4.74 Å². The first-order valence-corrected chi connectivity index (χ1v) is 12.0. The van der Waals surface area contributed by atoms with E-state index in [0.717, 1.165) is 40.7 Å². The molecule has 4 heterocycles. The fourth-order valence-electron chi connectivity index (χ4n) is 4.12. The second kappa shape index (κ2) is 8.63. The van der Waals surface area contributed by atoms with Gasteiger partial charge in [0.25, 0.3) is 5.91 Å². The number of ether oxygens (including phenoxy) is 3. The highest BCUT2D eigenvalue weighted by molar-refractivity contribution is 7.17. The molecule has 2 aliphatic heterocycles. The summed E-state index contributed by atoms with van der Waals surface area (Å²) in [6.07, 6.45) is 0. The Labute approximate surface area is 189 Å². The van der Waals surface area contributed by atoms with Crippen molar-refractivity contribution in [2.45, 2.75) is 19.9 Å². The van der Waals surface area contributed by atoms with Gasteiger partial charge in [-0.3, -0.25) is 9.69 Å². The van der Waals surface area contributed by atoms with Gasteiger partial charge in [-0.2, -0.15) is 0 Å². The van der Waals surface area contributed by atoms with Gasteiger partial charge in [0, 0.05) is 23.5 Å². The van der Waals surface area contributed by atoms with E-state index in [9.17, 15) is 4.79 Å². The minimum absolute atomic E-state index is 0.0121. The second-order valence-electron chi connectivity index (χ2n) is 7.62. The molecule has 31 heavy (non-hydrogen) atoms. The van der Waals surface area contributed by atoms with Crippen LogP contribution in [0.25, 0.3) is 0 Å². The van der Waals surface area contributed by atoms with Crippen LogP contribution in [0.4, 0.5) is 5.00 Å². The van der Waals surface area contributed by atoms with Crippen LogP contribution in [0.15, 0.2) is 35.7 Å². The van der Waals surface area contributed by atoms with E-state index in [-0.39, 0.29) is 18.7 Å². The standard InChI is InChI=1S/C23H24N2O4S2/c1-14-15(2)31-23(24-22(26)19-4-3-11-30-19)20(14)21(25-7-9-27-10-8-25)16-5-6-17-18(12-16)29-13-28-17/h3-6,11-12,21H,7-10,13H2,1-2H3,(H,24,26). The smallest absolute Gasteiger partial charge is 0.266 e. The van der Waals surface area contributed by atoms with E-state index >= 15 is 0 Å². The van der Waals surface area contributed by atoms with Crippen molar-refractivity contribution in [2.75, 3.05) is 38.4 Å². The minimum Gasteiger partial charge on any atom is -0.454 e. The molecule has 6 nitrogen and oxygen atoms in total. The topological polar surface area (TPSA) is 60.0 Å². The average molecular weight is 457 g/mol. The first kappa shape index (κ1) is 20.5. The van der Waals surface area contributed by atoms with Gasteiger partial charge in [-0.05, 0) is 48.6 Å². The lowest BCUT2D eigenvalue weighted by Gasteiger charge is -2.35. The van der Waals surface area contributed by atoms with E-state index in [4.69, 9.17) is 14.2 Å². The number of rotatable bonds is 5. The summed E-state index contributed by atoms with van der Waals surface area (Å²) in [6, 6.07) is 9.88. The monoisotopic (exact) mass is 456 g/mol. The van der Waals surface area contributed by atoms with Crippen molar-refractivity contribution in [3.8, 4) is 11.5 Å². The number of carbonyl (C=O) groups excluding carboxylic acids is 1. The number of amides is 1. The number of carbonyl (C=O) groups is 1. The number of aryl methyl sites for hydroxylation is 1. The molecule has 1 saturated heterocycles. The Balaban J connectivity index is 1.58. The van der Waals surface area contributed by atoms with Gasteiger partial charge < -0.3 is 19.5 Å². The van der Waals surface area contributed by atoms with Crippen molar-refractivity contribution in [3.05, 3.63) is 62.2 Å². The summed E-state index contributed by atoms with van der Waals surface area (Å²) in [4.78, 5) is 17.2. The Morgan fingerprint density at radius 1 is 1.13 bits per heavy atom. The quantitative estimate of drug-likeness (QED) is 0.596. The molecule has 8 heteroatoms. The zero-order valence-corrected chi connectivity index (χ0v) is 19.1. The van der Waals surface area contributed by atoms with E-state index in [1.54, 1.807) is 11.3 Å². The van der Waals surface area contributed by atoms with Crippen LogP contribution in [0.3, 0.4) is 0 Å². The molecule has 0 radical (unpaired) electrons. The Bertz CT molecular complexity index is 1090. The molecule has 0 saturated carbocycles. The Hall–Kier alpha value is -2.39. The molecule has 0 bridgehead atoms. The van der Waals surface area contributed by atoms with E-state index in [2.05, 4.69) is 36.2 Å². The summed E-state index contributed by atoms with van der Waals surface area (Å²) in [5.41, 5.74) is 3.48. The Kier molecular flexibility index (Phi) is 5.71. The van der Waals surface area contributed by atoms with Gasteiger partial charge in [-0.25, -0.2) is 0 Å². The molecule has 1 fully saturated rings. The minimum atomic E-state index is -0.0658. The lowest BCUT2D eigenvalue weighted by Crippen LogP contribution is -2.39. The molecule has 1 aromatic carbocycles. The third kappa shape index (κ3) is 3.96. The zero-order chi connectivity index (χ0) is 21.4. The maximum Gasteiger partial charge on any atom is 0.266 e. The molecule has 3 aromatic rings. The maximum atomic E-state index is 12.9. The van der Waals surface area contributed by atoms with E-state index in [0.29, 0.717) is 18.1 Å². The van der Waals surface area contributed by atoms with Crippen molar-refractivity contribution in [3.63, 3.8) is 0 Å². The number of benzene rings is 1. The van der Waals surface area contributed by atoms with E-state index < -0.39 is 0 Å².